The van der Waals surface area contributed by atoms with Gasteiger partial charge in [-0.2, -0.15) is 0 Å². The number of nitrogens with one attached hydrogen (secondary N) is 3. The Labute approximate surface area is 305 Å². The van der Waals surface area contributed by atoms with Crippen molar-refractivity contribution in [2.45, 2.75) is 107 Å². The van der Waals surface area contributed by atoms with E-state index in [-0.39, 0.29) is 53.7 Å². The fourth-order valence-electron chi connectivity index (χ4n) is 6.64. The predicted octanol–water partition coefficient (Wildman–Crippen LogP) is 8.84. The van der Waals surface area contributed by atoms with Crippen LogP contribution < -0.4 is 20.1 Å². The summed E-state index contributed by atoms with van der Waals surface area (Å²) in [5.41, 5.74) is 4.76. The molecular weight excluding hydrogens is 642 g/mol. The van der Waals surface area contributed by atoms with E-state index >= 15 is 0 Å². The molecule has 4 rings (SSSR count). The zero-order valence-corrected chi connectivity index (χ0v) is 32.7. The van der Waals surface area contributed by atoms with E-state index in [1.54, 1.807) is 12.1 Å². The number of ether oxygens (including phenoxy) is 2. The number of H-pyrrole nitrogens is 1. The molecule has 1 heterocycles. The smallest absolute Gasteiger partial charge is 0.268 e. The lowest BCUT2D eigenvalue weighted by Gasteiger charge is -2.38. The summed E-state index contributed by atoms with van der Waals surface area (Å²) in [7, 11) is 2.99. The summed E-state index contributed by atoms with van der Waals surface area (Å²) in [4.78, 5) is 16.3. The van der Waals surface area contributed by atoms with Gasteiger partial charge >= 0.3 is 0 Å². The van der Waals surface area contributed by atoms with E-state index in [0.717, 1.165) is 47.8 Å². The van der Waals surface area contributed by atoms with E-state index in [9.17, 15) is 20.1 Å². The van der Waals surface area contributed by atoms with Gasteiger partial charge in [0.15, 0.2) is 11.5 Å². The van der Waals surface area contributed by atoms with Crippen molar-refractivity contribution in [2.75, 3.05) is 20.8 Å². The van der Waals surface area contributed by atoms with Crippen LogP contribution in [0.1, 0.15) is 114 Å². The predicted molar refractivity (Wildman–Crippen MR) is 209 cm³/mol. The molecule has 3 aromatic carbocycles. The first-order valence-electron chi connectivity index (χ1n) is 18.4. The van der Waals surface area contributed by atoms with Crippen LogP contribution in [0.25, 0.3) is 10.9 Å². The van der Waals surface area contributed by atoms with Gasteiger partial charge in [-0.15, -0.1) is 0 Å². The van der Waals surface area contributed by atoms with Gasteiger partial charge in [-0.1, -0.05) is 73.9 Å². The van der Waals surface area contributed by atoms with Crippen molar-refractivity contribution in [1.29, 1.82) is 0 Å². The van der Waals surface area contributed by atoms with Gasteiger partial charge in [0, 0.05) is 29.1 Å². The number of phenolic OH excluding ortho intramolecular Hbond substituents is 1. The van der Waals surface area contributed by atoms with Crippen molar-refractivity contribution < 1.29 is 29.6 Å². The second-order valence-electron chi connectivity index (χ2n) is 13.5. The van der Waals surface area contributed by atoms with Crippen molar-refractivity contribution in [2.24, 2.45) is 11.3 Å². The molecule has 4 aromatic rings. The molecule has 3 unspecified atom stereocenters. The summed E-state index contributed by atoms with van der Waals surface area (Å²) < 4.78 is 10.7. The highest BCUT2D eigenvalue weighted by Crippen LogP contribution is 2.42. The molecule has 1 amide bonds. The van der Waals surface area contributed by atoms with Gasteiger partial charge in [0.2, 0.25) is 0 Å². The van der Waals surface area contributed by atoms with E-state index in [2.05, 4.69) is 62.4 Å². The highest BCUT2D eigenvalue weighted by molar-refractivity contribution is 5.98. The number of phenols is 2. The summed E-state index contributed by atoms with van der Waals surface area (Å²) in [5, 5.41) is 37.8. The van der Waals surface area contributed by atoms with Crippen LogP contribution in [-0.2, 0) is 19.6 Å². The molecule has 282 valence electrons. The zero-order valence-electron chi connectivity index (χ0n) is 32.7. The molecule has 0 radical (unpaired) electrons. The highest BCUT2D eigenvalue weighted by atomic mass is 16.5. The van der Waals surface area contributed by atoms with Crippen molar-refractivity contribution in [1.82, 2.24) is 15.6 Å². The Bertz CT molecular complexity index is 1660. The maximum Gasteiger partial charge on any atom is 0.268 e. The molecule has 1 aromatic heterocycles. The van der Waals surface area contributed by atoms with E-state index in [1.165, 1.54) is 20.3 Å². The first-order valence-corrected chi connectivity index (χ1v) is 18.4. The average molecular weight is 706 g/mol. The van der Waals surface area contributed by atoms with Crippen molar-refractivity contribution in [3.63, 3.8) is 0 Å². The molecule has 0 fully saturated rings. The van der Waals surface area contributed by atoms with Gasteiger partial charge in [0.05, 0.1) is 32.9 Å². The van der Waals surface area contributed by atoms with Gasteiger partial charge in [-0.3, -0.25) is 4.79 Å². The Morgan fingerprint density at radius 3 is 2.22 bits per heavy atom. The number of aromatic hydroxyl groups is 2. The summed E-state index contributed by atoms with van der Waals surface area (Å²) in [6.07, 6.45) is 2.96. The second kappa shape index (κ2) is 20.6. The Morgan fingerprint density at radius 1 is 0.922 bits per heavy atom. The number of rotatable bonds is 15. The van der Waals surface area contributed by atoms with E-state index in [4.69, 9.17) is 9.47 Å². The lowest BCUT2D eigenvalue weighted by molar-refractivity contribution is 0.0946. The lowest BCUT2D eigenvalue weighted by atomic mass is 9.68. The van der Waals surface area contributed by atoms with Crippen LogP contribution in [0.2, 0.25) is 0 Å². The number of aliphatic hydroxyl groups is 1. The Hall–Kier alpha value is -4.21. The lowest BCUT2D eigenvalue weighted by Crippen LogP contribution is -2.38. The third-order valence-electron chi connectivity index (χ3n) is 9.10. The molecule has 0 aliphatic carbocycles. The number of carbonyl (C=O) groups is 1. The van der Waals surface area contributed by atoms with E-state index < -0.39 is 0 Å². The monoisotopic (exact) mass is 705 g/mol. The fraction of sp³-hybridized carbons (Fsp3) is 0.500. The molecule has 9 nitrogen and oxygen atoms in total. The number of methoxy groups -OCH3 is 2. The molecule has 0 aliphatic heterocycles. The van der Waals surface area contributed by atoms with Crippen LogP contribution in [0.3, 0.4) is 0 Å². The Morgan fingerprint density at radius 2 is 1.61 bits per heavy atom. The molecule has 51 heavy (non-hydrogen) atoms. The zero-order chi connectivity index (χ0) is 38.3. The molecule has 0 spiro atoms. The number of hydrogen-bond acceptors (Lipinski definition) is 7. The van der Waals surface area contributed by atoms with Crippen LogP contribution >= 0.6 is 0 Å². The largest absolute Gasteiger partial charge is 0.508 e. The molecular formula is C42H63N3O6. The SMILES string of the molecule is CC.CC.CCCC(C(CNC(C)Cc1ccc2[nH]c(C(=O)NCc3c(OC)ccc(O)c3OC)cc2c1)c1ccc(O)c(CO)c1)C(C)(C)C. The third-order valence-corrected chi connectivity index (χ3v) is 9.10. The van der Waals surface area contributed by atoms with Crippen LogP contribution in [0.4, 0.5) is 0 Å². The van der Waals surface area contributed by atoms with Crippen LogP contribution in [0.15, 0.2) is 54.6 Å². The standard InChI is InChI=1S/C38H51N3O6.2C2H6/c1-8-9-30(38(3,4)5)28(25-11-13-33(43)27(18-25)22-42)20-39-23(2)16-24-10-12-31-26(17-24)19-32(41-31)37(45)40-21-29-35(46-6)15-14-34(44)36(29)47-7;2*1-2/h10-15,17-19,23,28,30,39,41-44H,8-9,16,20-22H2,1-7H3,(H,40,45);2*1-2H3. The van der Waals surface area contributed by atoms with E-state index in [1.807, 2.05) is 52.0 Å². The minimum Gasteiger partial charge on any atom is -0.508 e. The highest BCUT2D eigenvalue weighted by Gasteiger charge is 2.33. The average Bonchev–Trinajstić information content (AvgIpc) is 3.56. The normalized spacial score (nSPS) is 12.9. The number of aliphatic hydroxyl groups excluding tert-OH is 1. The summed E-state index contributed by atoms with van der Waals surface area (Å²) in [5.74, 6) is 1.19. The van der Waals surface area contributed by atoms with Crippen LogP contribution in [0.5, 0.6) is 23.0 Å². The van der Waals surface area contributed by atoms with Crippen molar-refractivity contribution in [3.8, 4) is 23.0 Å². The number of benzene rings is 3. The Kier molecular flexibility index (Phi) is 17.3. The quantitative estimate of drug-likeness (QED) is 0.0727. The minimum atomic E-state index is -0.282. The maximum atomic E-state index is 13.1. The Balaban J connectivity index is 0.00000217. The summed E-state index contributed by atoms with van der Waals surface area (Å²) in [6, 6.07) is 17.0. The molecule has 0 saturated carbocycles. The van der Waals surface area contributed by atoms with Gasteiger partial charge in [-0.25, -0.2) is 0 Å². The second-order valence-corrected chi connectivity index (χ2v) is 13.5. The summed E-state index contributed by atoms with van der Waals surface area (Å²) >= 11 is 0. The molecule has 0 saturated heterocycles. The first kappa shape index (κ1) is 43.0. The molecule has 0 bridgehead atoms. The number of carbonyl (C=O) groups excluding carboxylic acids is 1. The van der Waals surface area contributed by atoms with E-state index in [0.29, 0.717) is 28.5 Å². The first-order chi connectivity index (χ1) is 24.4. The molecule has 3 atom stereocenters. The van der Waals surface area contributed by atoms with Crippen molar-refractivity contribution in [3.05, 3.63) is 82.5 Å². The molecule has 0 aliphatic rings. The van der Waals surface area contributed by atoms with Crippen molar-refractivity contribution >= 4 is 16.8 Å². The van der Waals surface area contributed by atoms with Gasteiger partial charge < -0.3 is 40.4 Å². The molecule has 9 heteroatoms. The minimum absolute atomic E-state index is 0.0268. The topological polar surface area (TPSA) is 136 Å². The maximum absolute atomic E-state index is 13.1. The van der Waals surface area contributed by atoms with Gasteiger partial charge in [0.25, 0.3) is 5.91 Å². The molecule has 6 N–H and O–H groups in total. The number of hydrogen-bond donors (Lipinski definition) is 6. The number of amides is 1. The number of aromatic nitrogens is 1. The number of fused-ring (bicyclic) bond motifs is 1. The van der Waals surface area contributed by atoms with Gasteiger partial charge in [0.1, 0.15) is 17.2 Å². The number of aromatic amines is 1. The van der Waals surface area contributed by atoms with Crippen LogP contribution in [-0.4, -0.2) is 53.0 Å². The third kappa shape index (κ3) is 11.4. The summed E-state index contributed by atoms with van der Waals surface area (Å²) in [6.45, 7) is 20.0. The van der Waals surface area contributed by atoms with Crippen LogP contribution in [0, 0.1) is 11.3 Å². The fourth-order valence-corrected chi connectivity index (χ4v) is 6.64. The van der Waals surface area contributed by atoms with Gasteiger partial charge in [-0.05, 0) is 90.6 Å².